The predicted molar refractivity (Wildman–Crippen MR) is 113 cm³/mol. The fourth-order valence-electron chi connectivity index (χ4n) is 2.55. The van der Waals surface area contributed by atoms with Crippen molar-refractivity contribution in [3.05, 3.63) is 88.0 Å². The molecule has 5 nitrogen and oxygen atoms in total. The molecule has 0 aliphatic rings. The van der Waals surface area contributed by atoms with Crippen molar-refractivity contribution in [2.24, 2.45) is 5.73 Å². The molecule has 0 aliphatic carbocycles. The number of nitrogens with zero attached hydrogens (tertiary/aromatic N) is 1. The third kappa shape index (κ3) is 5.43. The molecule has 28 heavy (non-hydrogen) atoms. The van der Waals surface area contributed by atoms with Crippen LogP contribution in [-0.2, 0) is 6.42 Å². The van der Waals surface area contributed by atoms with Crippen LogP contribution in [0.2, 0.25) is 0 Å². The normalized spacial score (nSPS) is 10.5. The third-order valence-electron chi connectivity index (χ3n) is 3.95. The molecular weight excluding hydrogens is 438 g/mol. The lowest BCUT2D eigenvalue weighted by molar-refractivity contribution is 0.0949. The van der Waals surface area contributed by atoms with Crippen LogP contribution in [-0.4, -0.2) is 23.3 Å². The molecule has 2 amide bonds. The van der Waals surface area contributed by atoms with Gasteiger partial charge in [0.2, 0.25) is 5.91 Å². The highest BCUT2D eigenvalue weighted by atomic mass is 79.9. The molecule has 0 radical (unpaired) electrons. The van der Waals surface area contributed by atoms with Crippen LogP contribution < -0.4 is 11.1 Å². The van der Waals surface area contributed by atoms with Crippen molar-refractivity contribution in [3.8, 4) is 0 Å². The standard InChI is InChI=1S/C21H18BrN3O2S/c22-16-6-8-17(9-7-16)28-21-18(5-2-11-25-21)20(27)24-12-10-14-3-1-4-15(13-14)19(23)26/h1-9,11,13H,10,12H2,(H2,23,26)(H,24,27). The minimum Gasteiger partial charge on any atom is -0.366 e. The molecular formula is C21H18BrN3O2S. The second kappa shape index (κ2) is 9.52. The summed E-state index contributed by atoms with van der Waals surface area (Å²) in [6.07, 6.45) is 2.27. The average Bonchev–Trinajstić information content (AvgIpc) is 2.70. The van der Waals surface area contributed by atoms with Crippen LogP contribution in [0.15, 0.2) is 81.3 Å². The fourth-order valence-corrected chi connectivity index (χ4v) is 3.70. The highest BCUT2D eigenvalue weighted by Gasteiger charge is 2.13. The van der Waals surface area contributed by atoms with E-state index in [0.717, 1.165) is 14.9 Å². The van der Waals surface area contributed by atoms with Gasteiger partial charge in [-0.05, 0) is 60.5 Å². The fraction of sp³-hybridized carbons (Fsp3) is 0.0952. The van der Waals surface area contributed by atoms with Crippen LogP contribution in [0.3, 0.4) is 0 Å². The molecule has 0 atom stereocenters. The van der Waals surface area contributed by atoms with Gasteiger partial charge in [-0.15, -0.1) is 0 Å². The van der Waals surface area contributed by atoms with Crippen LogP contribution in [0.5, 0.6) is 0 Å². The number of rotatable bonds is 7. The Labute approximate surface area is 175 Å². The summed E-state index contributed by atoms with van der Waals surface area (Å²) in [5, 5.41) is 3.57. The van der Waals surface area contributed by atoms with Gasteiger partial charge < -0.3 is 11.1 Å². The van der Waals surface area contributed by atoms with Crippen molar-refractivity contribution in [1.82, 2.24) is 10.3 Å². The molecule has 0 spiro atoms. The van der Waals surface area contributed by atoms with Crippen LogP contribution >= 0.6 is 27.7 Å². The summed E-state index contributed by atoms with van der Waals surface area (Å²) in [7, 11) is 0. The summed E-state index contributed by atoms with van der Waals surface area (Å²) < 4.78 is 0.997. The molecule has 7 heteroatoms. The number of carbonyl (C=O) groups is 2. The monoisotopic (exact) mass is 455 g/mol. The molecule has 3 rings (SSSR count). The van der Waals surface area contributed by atoms with Crippen LogP contribution in [0, 0.1) is 0 Å². The lowest BCUT2D eigenvalue weighted by atomic mass is 10.1. The minimum absolute atomic E-state index is 0.182. The number of primary amides is 1. The van der Waals surface area contributed by atoms with E-state index < -0.39 is 5.91 Å². The van der Waals surface area contributed by atoms with Gasteiger partial charge in [-0.1, -0.05) is 39.8 Å². The number of amides is 2. The lowest BCUT2D eigenvalue weighted by Gasteiger charge is -2.09. The molecule has 2 aromatic carbocycles. The number of pyridine rings is 1. The molecule has 142 valence electrons. The smallest absolute Gasteiger partial charge is 0.254 e. The molecule has 3 aromatic rings. The van der Waals surface area contributed by atoms with Gasteiger partial charge in [0, 0.05) is 27.7 Å². The van der Waals surface area contributed by atoms with E-state index in [1.807, 2.05) is 30.3 Å². The summed E-state index contributed by atoms with van der Waals surface area (Å²) in [5.41, 5.74) is 7.23. The number of hydrogen-bond acceptors (Lipinski definition) is 4. The maximum absolute atomic E-state index is 12.6. The van der Waals surface area contributed by atoms with Crippen molar-refractivity contribution < 1.29 is 9.59 Å². The molecule has 0 saturated heterocycles. The summed E-state index contributed by atoms with van der Waals surface area (Å²) in [5.74, 6) is -0.644. The summed E-state index contributed by atoms with van der Waals surface area (Å²) in [4.78, 5) is 29.2. The second-order valence-electron chi connectivity index (χ2n) is 5.98. The summed E-state index contributed by atoms with van der Waals surface area (Å²) in [6.45, 7) is 0.443. The Kier molecular flexibility index (Phi) is 6.84. The molecule has 0 bridgehead atoms. The van der Waals surface area contributed by atoms with Crippen molar-refractivity contribution in [2.75, 3.05) is 6.54 Å². The van der Waals surface area contributed by atoms with E-state index in [1.54, 1.807) is 36.5 Å². The van der Waals surface area contributed by atoms with E-state index in [1.165, 1.54) is 11.8 Å². The number of nitrogens with one attached hydrogen (secondary N) is 1. The number of benzene rings is 2. The van der Waals surface area contributed by atoms with Gasteiger partial charge in [-0.2, -0.15) is 0 Å². The van der Waals surface area contributed by atoms with E-state index in [-0.39, 0.29) is 5.91 Å². The molecule has 0 saturated carbocycles. The number of halogens is 1. The molecule has 0 aliphatic heterocycles. The lowest BCUT2D eigenvalue weighted by Crippen LogP contribution is -2.26. The Morgan fingerprint density at radius 3 is 2.61 bits per heavy atom. The van der Waals surface area contributed by atoms with Crippen molar-refractivity contribution in [3.63, 3.8) is 0 Å². The van der Waals surface area contributed by atoms with Crippen molar-refractivity contribution >= 4 is 39.5 Å². The van der Waals surface area contributed by atoms with Gasteiger partial charge in [0.15, 0.2) is 0 Å². The molecule has 1 heterocycles. The van der Waals surface area contributed by atoms with E-state index in [9.17, 15) is 9.59 Å². The largest absolute Gasteiger partial charge is 0.366 e. The van der Waals surface area contributed by atoms with Crippen molar-refractivity contribution in [2.45, 2.75) is 16.3 Å². The van der Waals surface area contributed by atoms with Gasteiger partial charge in [-0.25, -0.2) is 4.98 Å². The van der Waals surface area contributed by atoms with E-state index in [2.05, 4.69) is 26.2 Å². The molecule has 1 aromatic heterocycles. The topological polar surface area (TPSA) is 85.1 Å². The van der Waals surface area contributed by atoms with Gasteiger partial charge in [-0.3, -0.25) is 9.59 Å². The van der Waals surface area contributed by atoms with Crippen LogP contribution in [0.25, 0.3) is 0 Å². The number of hydrogen-bond donors (Lipinski definition) is 2. The molecule has 3 N–H and O–H groups in total. The van der Waals surface area contributed by atoms with Gasteiger partial charge in [0.1, 0.15) is 5.03 Å². The first-order chi connectivity index (χ1) is 13.5. The van der Waals surface area contributed by atoms with Gasteiger partial charge in [0.05, 0.1) is 5.56 Å². The number of nitrogens with two attached hydrogens (primary N) is 1. The Morgan fingerprint density at radius 1 is 1.07 bits per heavy atom. The van der Waals surface area contributed by atoms with Crippen LogP contribution in [0.4, 0.5) is 0 Å². The average molecular weight is 456 g/mol. The summed E-state index contributed by atoms with van der Waals surface area (Å²) in [6, 6.07) is 18.4. The first kappa shape index (κ1) is 20.1. The minimum atomic E-state index is -0.462. The first-order valence-electron chi connectivity index (χ1n) is 8.58. The second-order valence-corrected chi connectivity index (χ2v) is 7.96. The van der Waals surface area contributed by atoms with E-state index in [4.69, 9.17) is 5.73 Å². The van der Waals surface area contributed by atoms with Crippen LogP contribution in [0.1, 0.15) is 26.3 Å². The number of aromatic nitrogens is 1. The van der Waals surface area contributed by atoms with Gasteiger partial charge >= 0.3 is 0 Å². The van der Waals surface area contributed by atoms with Crippen molar-refractivity contribution in [1.29, 1.82) is 0 Å². The Balaban J connectivity index is 1.64. The molecule has 0 fully saturated rings. The SMILES string of the molecule is NC(=O)c1cccc(CCNC(=O)c2cccnc2Sc2ccc(Br)cc2)c1. The highest BCUT2D eigenvalue weighted by molar-refractivity contribution is 9.10. The maximum Gasteiger partial charge on any atom is 0.254 e. The zero-order valence-electron chi connectivity index (χ0n) is 14.9. The Morgan fingerprint density at radius 2 is 1.86 bits per heavy atom. The Bertz CT molecular complexity index is 993. The zero-order chi connectivity index (χ0) is 19.9. The third-order valence-corrected chi connectivity index (χ3v) is 5.51. The predicted octanol–water partition coefficient (Wildman–Crippen LogP) is 4.07. The zero-order valence-corrected chi connectivity index (χ0v) is 17.3. The highest BCUT2D eigenvalue weighted by Crippen LogP contribution is 2.29. The first-order valence-corrected chi connectivity index (χ1v) is 10.2. The number of carbonyl (C=O) groups excluding carboxylic acids is 2. The Hall–Kier alpha value is -2.64. The van der Waals surface area contributed by atoms with Gasteiger partial charge in [0.25, 0.3) is 5.91 Å². The molecule has 0 unspecified atom stereocenters. The summed E-state index contributed by atoms with van der Waals surface area (Å²) >= 11 is 4.86. The van der Waals surface area contributed by atoms with E-state index >= 15 is 0 Å². The van der Waals surface area contributed by atoms with E-state index in [0.29, 0.717) is 29.1 Å². The maximum atomic E-state index is 12.6. The quantitative estimate of drug-likeness (QED) is 0.562.